The summed E-state index contributed by atoms with van der Waals surface area (Å²) < 4.78 is 16.1. The van der Waals surface area contributed by atoms with Gasteiger partial charge in [0.25, 0.3) is 11.8 Å². The van der Waals surface area contributed by atoms with Crippen molar-refractivity contribution in [1.82, 2.24) is 10.2 Å². The van der Waals surface area contributed by atoms with Gasteiger partial charge in [-0.3, -0.25) is 0 Å². The smallest absolute Gasteiger partial charge is 0.344 e. The van der Waals surface area contributed by atoms with Crippen molar-refractivity contribution in [2.45, 2.75) is 13.0 Å². The van der Waals surface area contributed by atoms with Gasteiger partial charge in [-0.25, -0.2) is 4.79 Å². The number of para-hydroxylation sites is 1. The third-order valence-electron chi connectivity index (χ3n) is 3.01. The van der Waals surface area contributed by atoms with Crippen LogP contribution in [0.3, 0.4) is 0 Å². The molecular formula is C16H13ClN2O4S. The lowest BCUT2D eigenvalue weighted by Gasteiger charge is -2.10. The molecule has 6 nitrogen and oxygen atoms in total. The number of rotatable bonds is 6. The van der Waals surface area contributed by atoms with Crippen molar-refractivity contribution < 1.29 is 18.7 Å². The van der Waals surface area contributed by atoms with Crippen LogP contribution in [0.2, 0.25) is 5.02 Å². The summed E-state index contributed by atoms with van der Waals surface area (Å²) in [5.74, 6) is 0.486. The molecule has 1 atom stereocenters. The molecule has 2 heterocycles. The zero-order valence-electron chi connectivity index (χ0n) is 12.6. The van der Waals surface area contributed by atoms with E-state index in [-0.39, 0.29) is 12.5 Å². The van der Waals surface area contributed by atoms with Gasteiger partial charge in [0.05, 0.1) is 9.90 Å². The number of nitrogens with zero attached hydrogens (tertiary/aromatic N) is 2. The molecule has 0 aliphatic heterocycles. The summed E-state index contributed by atoms with van der Waals surface area (Å²) in [5.41, 5.74) is 0. The second-order valence-corrected chi connectivity index (χ2v) is 6.13. The predicted octanol–water partition coefficient (Wildman–Crippen LogP) is 4.13. The van der Waals surface area contributed by atoms with Gasteiger partial charge in [0.15, 0.2) is 12.7 Å². The first-order valence-electron chi connectivity index (χ1n) is 7.07. The molecule has 8 heteroatoms. The molecule has 2 aromatic heterocycles. The zero-order valence-corrected chi connectivity index (χ0v) is 14.2. The molecular weight excluding hydrogens is 352 g/mol. The highest BCUT2D eigenvalue weighted by molar-refractivity contribution is 7.13. The lowest BCUT2D eigenvalue weighted by Crippen LogP contribution is -2.17. The zero-order chi connectivity index (χ0) is 16.9. The molecule has 0 radical (unpaired) electrons. The molecule has 0 bridgehead atoms. The number of aromatic nitrogens is 2. The summed E-state index contributed by atoms with van der Waals surface area (Å²) in [4.78, 5) is 12.7. The van der Waals surface area contributed by atoms with E-state index in [1.807, 2.05) is 17.5 Å². The monoisotopic (exact) mass is 364 g/mol. The van der Waals surface area contributed by atoms with Crippen molar-refractivity contribution >= 4 is 28.9 Å². The van der Waals surface area contributed by atoms with Crippen molar-refractivity contribution in [2.24, 2.45) is 0 Å². The Hall–Kier alpha value is -2.38. The summed E-state index contributed by atoms with van der Waals surface area (Å²) in [5, 5.41) is 10.2. The van der Waals surface area contributed by atoms with Gasteiger partial charge >= 0.3 is 5.97 Å². The van der Waals surface area contributed by atoms with E-state index in [0.29, 0.717) is 16.7 Å². The number of carbonyl (C=O) groups is 1. The third-order valence-corrected chi connectivity index (χ3v) is 4.18. The lowest BCUT2D eigenvalue weighted by atomic mass is 10.3. The van der Waals surface area contributed by atoms with Crippen molar-refractivity contribution in [3.63, 3.8) is 0 Å². The Morgan fingerprint density at radius 3 is 2.88 bits per heavy atom. The summed E-state index contributed by atoms with van der Waals surface area (Å²) >= 11 is 7.44. The van der Waals surface area contributed by atoms with Gasteiger partial charge < -0.3 is 13.9 Å². The molecule has 3 aromatic rings. The van der Waals surface area contributed by atoms with Crippen LogP contribution in [0.1, 0.15) is 18.9 Å². The van der Waals surface area contributed by atoms with E-state index >= 15 is 0 Å². The Morgan fingerprint density at radius 2 is 2.12 bits per heavy atom. The summed E-state index contributed by atoms with van der Waals surface area (Å²) in [7, 11) is 0. The average Bonchev–Trinajstić information content (AvgIpc) is 3.25. The minimum atomic E-state index is -0.673. The minimum absolute atomic E-state index is 0.226. The quantitative estimate of drug-likeness (QED) is 0.612. The molecule has 24 heavy (non-hydrogen) atoms. The largest absolute Gasteiger partial charge is 0.480 e. The number of hydrogen-bond acceptors (Lipinski definition) is 7. The van der Waals surface area contributed by atoms with Gasteiger partial charge in [0, 0.05) is 0 Å². The molecule has 1 aromatic carbocycles. The number of halogens is 1. The maximum atomic E-state index is 11.9. The fourth-order valence-electron chi connectivity index (χ4n) is 1.88. The van der Waals surface area contributed by atoms with E-state index in [4.69, 9.17) is 25.5 Å². The summed E-state index contributed by atoms with van der Waals surface area (Å²) in [6.07, 6.45) is -0.673. The van der Waals surface area contributed by atoms with Crippen LogP contribution in [0.4, 0.5) is 0 Å². The first-order valence-corrected chi connectivity index (χ1v) is 8.33. The van der Waals surface area contributed by atoms with Crippen LogP contribution in [0, 0.1) is 0 Å². The van der Waals surface area contributed by atoms with Gasteiger partial charge in [-0.1, -0.05) is 29.8 Å². The first kappa shape index (κ1) is 16.5. The molecule has 0 spiro atoms. The van der Waals surface area contributed by atoms with Crippen molar-refractivity contribution in [1.29, 1.82) is 0 Å². The molecule has 0 unspecified atom stereocenters. The Bertz CT molecular complexity index is 819. The van der Waals surface area contributed by atoms with E-state index in [1.54, 1.807) is 31.2 Å². The van der Waals surface area contributed by atoms with E-state index < -0.39 is 12.1 Å². The molecule has 124 valence electrons. The number of hydrogen-bond donors (Lipinski definition) is 0. The highest BCUT2D eigenvalue weighted by Gasteiger charge is 2.19. The van der Waals surface area contributed by atoms with Gasteiger partial charge in [-0.05, 0) is 30.5 Å². The number of carbonyl (C=O) groups excluding carboxylic acids is 1. The SMILES string of the molecule is C[C@@H](OC(=O)COc1ccccc1Cl)c1nnc(-c2cccs2)o1. The van der Waals surface area contributed by atoms with Crippen molar-refractivity contribution in [2.75, 3.05) is 6.61 Å². The second-order valence-electron chi connectivity index (χ2n) is 4.77. The van der Waals surface area contributed by atoms with Crippen molar-refractivity contribution in [3.05, 3.63) is 52.7 Å². The maximum absolute atomic E-state index is 11.9. The highest BCUT2D eigenvalue weighted by atomic mass is 35.5. The predicted molar refractivity (Wildman–Crippen MR) is 89.1 cm³/mol. The van der Waals surface area contributed by atoms with Crippen LogP contribution in [0.15, 0.2) is 46.2 Å². The molecule has 0 aliphatic carbocycles. The maximum Gasteiger partial charge on any atom is 0.344 e. The van der Waals surface area contributed by atoms with Gasteiger partial charge in [-0.2, -0.15) is 0 Å². The third kappa shape index (κ3) is 3.93. The Labute approximate surface area is 147 Å². The molecule has 0 N–H and O–H groups in total. The first-order chi connectivity index (χ1) is 11.6. The van der Waals surface area contributed by atoms with Crippen LogP contribution in [-0.4, -0.2) is 22.8 Å². The fraction of sp³-hybridized carbons (Fsp3) is 0.188. The Morgan fingerprint density at radius 1 is 1.29 bits per heavy atom. The van der Waals surface area contributed by atoms with E-state index in [9.17, 15) is 4.79 Å². The average molecular weight is 365 g/mol. The topological polar surface area (TPSA) is 74.5 Å². The van der Waals surface area contributed by atoms with Gasteiger partial charge in [-0.15, -0.1) is 21.5 Å². The van der Waals surface area contributed by atoms with Gasteiger partial charge in [0.1, 0.15) is 5.75 Å². The standard InChI is InChI=1S/C16H13ClN2O4S/c1-10(15-18-19-16(23-15)13-7-4-8-24-13)22-14(20)9-21-12-6-3-2-5-11(12)17/h2-8,10H,9H2,1H3/t10-/m1/s1. The Balaban J connectivity index is 1.55. The van der Waals surface area contributed by atoms with E-state index in [0.717, 1.165) is 4.88 Å². The molecule has 0 amide bonds. The lowest BCUT2D eigenvalue weighted by molar-refractivity contribution is -0.152. The second kappa shape index (κ2) is 7.46. The van der Waals surface area contributed by atoms with Gasteiger partial charge in [0.2, 0.25) is 0 Å². The molecule has 0 aliphatic rings. The van der Waals surface area contributed by atoms with Crippen LogP contribution in [-0.2, 0) is 9.53 Å². The molecule has 0 fully saturated rings. The van der Waals surface area contributed by atoms with E-state index in [1.165, 1.54) is 11.3 Å². The molecule has 0 saturated heterocycles. The molecule has 0 saturated carbocycles. The molecule has 3 rings (SSSR count). The Kier molecular flexibility index (Phi) is 5.12. The number of thiophene rings is 1. The van der Waals surface area contributed by atoms with Crippen LogP contribution < -0.4 is 4.74 Å². The number of ether oxygens (including phenoxy) is 2. The summed E-state index contributed by atoms with van der Waals surface area (Å²) in [6.45, 7) is 1.39. The number of benzene rings is 1. The minimum Gasteiger partial charge on any atom is -0.480 e. The van der Waals surface area contributed by atoms with Crippen LogP contribution in [0.5, 0.6) is 5.75 Å². The normalized spacial score (nSPS) is 11.9. The highest BCUT2D eigenvalue weighted by Crippen LogP contribution is 2.26. The number of esters is 1. The van der Waals surface area contributed by atoms with Crippen LogP contribution >= 0.6 is 22.9 Å². The van der Waals surface area contributed by atoms with E-state index in [2.05, 4.69) is 10.2 Å². The van der Waals surface area contributed by atoms with Crippen LogP contribution in [0.25, 0.3) is 10.8 Å². The summed E-state index contributed by atoms with van der Waals surface area (Å²) in [6, 6.07) is 10.6. The fourth-order valence-corrected chi connectivity index (χ4v) is 2.71. The van der Waals surface area contributed by atoms with Crippen molar-refractivity contribution in [3.8, 4) is 16.5 Å².